The first-order chi connectivity index (χ1) is 9.22. The van der Waals surface area contributed by atoms with Gasteiger partial charge in [-0.2, -0.15) is 0 Å². The summed E-state index contributed by atoms with van der Waals surface area (Å²) < 4.78 is 13.0. The number of benzene rings is 1. The number of nitrogens with one attached hydrogen (secondary N) is 2. The van der Waals surface area contributed by atoms with Gasteiger partial charge in [0.05, 0.1) is 16.9 Å². The first-order valence-electron chi connectivity index (χ1n) is 6.42. The maximum absolute atomic E-state index is 13.0. The number of halogens is 2. The first kappa shape index (κ1) is 12.6. The average molecular weight is 280 g/mol. The molecule has 1 aliphatic heterocycles. The van der Waals surface area contributed by atoms with E-state index in [2.05, 4.69) is 15.3 Å². The van der Waals surface area contributed by atoms with E-state index in [1.54, 1.807) is 12.3 Å². The third kappa shape index (κ3) is 2.80. The lowest BCUT2D eigenvalue weighted by Gasteiger charge is -2.05. The summed E-state index contributed by atoms with van der Waals surface area (Å²) >= 11 is 6.05. The van der Waals surface area contributed by atoms with Crippen molar-refractivity contribution in [2.75, 3.05) is 13.1 Å². The second-order valence-electron chi connectivity index (χ2n) is 4.93. The van der Waals surface area contributed by atoms with Gasteiger partial charge in [-0.15, -0.1) is 0 Å². The molecule has 1 aliphatic rings. The number of rotatable bonds is 3. The van der Waals surface area contributed by atoms with Gasteiger partial charge in [0.2, 0.25) is 0 Å². The summed E-state index contributed by atoms with van der Waals surface area (Å²) in [5.74, 6) is 1.28. The molecule has 2 heterocycles. The highest BCUT2D eigenvalue weighted by Gasteiger charge is 2.17. The smallest absolute Gasteiger partial charge is 0.124 e. The van der Waals surface area contributed by atoms with Gasteiger partial charge in [0.15, 0.2) is 0 Å². The van der Waals surface area contributed by atoms with Gasteiger partial charge in [-0.3, -0.25) is 0 Å². The van der Waals surface area contributed by atoms with E-state index in [-0.39, 0.29) is 5.82 Å². The van der Waals surface area contributed by atoms with Crippen molar-refractivity contribution in [1.29, 1.82) is 0 Å². The van der Waals surface area contributed by atoms with Crippen molar-refractivity contribution >= 4 is 11.6 Å². The average Bonchev–Trinajstić information content (AvgIpc) is 3.01. The SMILES string of the molecule is Fc1ccc(-c2cnc(CC3CCNC3)[nH]2)c(Cl)c1. The molecule has 19 heavy (non-hydrogen) atoms. The fraction of sp³-hybridized carbons (Fsp3) is 0.357. The highest BCUT2D eigenvalue weighted by atomic mass is 35.5. The van der Waals surface area contributed by atoms with Gasteiger partial charge in [0.25, 0.3) is 0 Å². The maximum Gasteiger partial charge on any atom is 0.124 e. The number of hydrogen-bond acceptors (Lipinski definition) is 2. The molecule has 0 radical (unpaired) electrons. The Kier molecular flexibility index (Phi) is 3.53. The molecule has 1 aromatic carbocycles. The zero-order chi connectivity index (χ0) is 13.2. The largest absolute Gasteiger partial charge is 0.342 e. The number of nitrogens with zero attached hydrogens (tertiary/aromatic N) is 1. The van der Waals surface area contributed by atoms with Gasteiger partial charge in [-0.05, 0) is 43.6 Å². The van der Waals surface area contributed by atoms with Gasteiger partial charge in [-0.25, -0.2) is 9.37 Å². The molecule has 1 unspecified atom stereocenters. The van der Waals surface area contributed by atoms with Crippen molar-refractivity contribution in [3.05, 3.63) is 41.1 Å². The fourth-order valence-electron chi connectivity index (χ4n) is 2.47. The summed E-state index contributed by atoms with van der Waals surface area (Å²) in [5.41, 5.74) is 1.62. The lowest BCUT2D eigenvalue weighted by atomic mass is 10.1. The third-order valence-corrected chi connectivity index (χ3v) is 3.81. The third-order valence-electron chi connectivity index (χ3n) is 3.49. The van der Waals surface area contributed by atoms with Crippen molar-refractivity contribution < 1.29 is 4.39 Å². The Bertz CT molecular complexity index is 576. The van der Waals surface area contributed by atoms with Crippen LogP contribution in [-0.2, 0) is 6.42 Å². The summed E-state index contributed by atoms with van der Waals surface area (Å²) in [6, 6.07) is 4.40. The minimum absolute atomic E-state index is 0.328. The predicted octanol–water partition coefficient (Wildman–Crippen LogP) is 3.02. The van der Waals surface area contributed by atoms with Gasteiger partial charge >= 0.3 is 0 Å². The molecule has 0 amide bonds. The van der Waals surface area contributed by atoms with E-state index in [9.17, 15) is 4.39 Å². The Morgan fingerprint density at radius 3 is 3.05 bits per heavy atom. The molecule has 1 saturated heterocycles. The van der Waals surface area contributed by atoms with Crippen LogP contribution in [0.2, 0.25) is 5.02 Å². The molecular weight excluding hydrogens is 265 g/mol. The minimum Gasteiger partial charge on any atom is -0.342 e. The van der Waals surface area contributed by atoms with E-state index < -0.39 is 0 Å². The summed E-state index contributed by atoms with van der Waals surface area (Å²) in [6.45, 7) is 2.13. The highest BCUT2D eigenvalue weighted by Crippen LogP contribution is 2.27. The molecular formula is C14H15ClFN3. The molecule has 3 nitrogen and oxygen atoms in total. The monoisotopic (exact) mass is 279 g/mol. The van der Waals surface area contributed by atoms with E-state index in [1.165, 1.54) is 18.6 Å². The molecule has 0 bridgehead atoms. The Hall–Kier alpha value is -1.39. The molecule has 2 aromatic rings. The van der Waals surface area contributed by atoms with Crippen LogP contribution in [0.5, 0.6) is 0 Å². The Balaban J connectivity index is 1.80. The summed E-state index contributed by atoms with van der Waals surface area (Å²) in [6.07, 6.45) is 3.88. The van der Waals surface area contributed by atoms with Crippen molar-refractivity contribution in [3.63, 3.8) is 0 Å². The lowest BCUT2D eigenvalue weighted by Crippen LogP contribution is -2.11. The normalized spacial score (nSPS) is 18.9. The standard InChI is InChI=1S/C14H15ClFN3/c15-12-6-10(16)1-2-11(12)13-8-18-14(19-13)5-9-3-4-17-7-9/h1-2,6,8-9,17H,3-5,7H2,(H,18,19). The van der Waals surface area contributed by atoms with Crippen molar-refractivity contribution in [2.24, 2.45) is 5.92 Å². The van der Waals surface area contributed by atoms with Crippen LogP contribution in [0.4, 0.5) is 4.39 Å². The Morgan fingerprint density at radius 2 is 2.32 bits per heavy atom. The van der Waals surface area contributed by atoms with Crippen molar-refractivity contribution in [1.82, 2.24) is 15.3 Å². The number of imidazole rings is 1. The summed E-state index contributed by atoms with van der Waals surface area (Å²) in [5, 5.41) is 3.74. The van der Waals surface area contributed by atoms with Gasteiger partial charge in [0, 0.05) is 12.0 Å². The highest BCUT2D eigenvalue weighted by molar-refractivity contribution is 6.33. The van der Waals surface area contributed by atoms with Crippen LogP contribution in [-0.4, -0.2) is 23.1 Å². The molecule has 1 aromatic heterocycles. The van der Waals surface area contributed by atoms with Crippen LogP contribution in [0.15, 0.2) is 24.4 Å². The molecule has 1 atom stereocenters. The van der Waals surface area contributed by atoms with E-state index in [0.29, 0.717) is 10.9 Å². The molecule has 0 spiro atoms. The molecule has 2 N–H and O–H groups in total. The van der Waals surface area contributed by atoms with Crippen LogP contribution in [0.3, 0.4) is 0 Å². The van der Waals surface area contributed by atoms with Gasteiger partial charge in [-0.1, -0.05) is 11.6 Å². The fourth-order valence-corrected chi connectivity index (χ4v) is 2.74. The summed E-state index contributed by atoms with van der Waals surface area (Å²) in [4.78, 5) is 7.65. The van der Waals surface area contributed by atoms with Gasteiger partial charge in [0.1, 0.15) is 11.6 Å². The topological polar surface area (TPSA) is 40.7 Å². The zero-order valence-electron chi connectivity index (χ0n) is 10.4. The zero-order valence-corrected chi connectivity index (χ0v) is 11.2. The van der Waals surface area contributed by atoms with Crippen molar-refractivity contribution in [2.45, 2.75) is 12.8 Å². The Labute approximate surface area is 116 Å². The molecule has 0 saturated carbocycles. The van der Waals surface area contributed by atoms with Crippen LogP contribution < -0.4 is 5.32 Å². The summed E-state index contributed by atoms with van der Waals surface area (Å²) in [7, 11) is 0. The van der Waals surface area contributed by atoms with E-state index in [1.807, 2.05) is 0 Å². The Morgan fingerprint density at radius 1 is 1.42 bits per heavy atom. The molecule has 0 aliphatic carbocycles. The number of H-pyrrole nitrogens is 1. The van der Waals surface area contributed by atoms with E-state index in [4.69, 9.17) is 11.6 Å². The van der Waals surface area contributed by atoms with Crippen LogP contribution >= 0.6 is 11.6 Å². The second kappa shape index (κ2) is 5.31. The van der Waals surface area contributed by atoms with E-state index >= 15 is 0 Å². The maximum atomic E-state index is 13.0. The van der Waals surface area contributed by atoms with Crippen LogP contribution in [0.25, 0.3) is 11.3 Å². The lowest BCUT2D eigenvalue weighted by molar-refractivity contribution is 0.565. The van der Waals surface area contributed by atoms with Crippen molar-refractivity contribution in [3.8, 4) is 11.3 Å². The minimum atomic E-state index is -0.328. The van der Waals surface area contributed by atoms with E-state index in [0.717, 1.165) is 36.6 Å². The quantitative estimate of drug-likeness (QED) is 0.907. The number of hydrogen-bond donors (Lipinski definition) is 2. The molecule has 1 fully saturated rings. The molecule has 100 valence electrons. The molecule has 3 rings (SSSR count). The first-order valence-corrected chi connectivity index (χ1v) is 6.80. The second-order valence-corrected chi connectivity index (χ2v) is 5.34. The van der Waals surface area contributed by atoms with Gasteiger partial charge < -0.3 is 10.3 Å². The number of aromatic amines is 1. The number of aromatic nitrogens is 2. The molecule has 5 heteroatoms. The van der Waals surface area contributed by atoms with Crippen LogP contribution in [0.1, 0.15) is 12.2 Å². The predicted molar refractivity (Wildman–Crippen MR) is 73.7 cm³/mol. The van der Waals surface area contributed by atoms with Crippen LogP contribution in [0, 0.1) is 11.7 Å².